The van der Waals surface area contributed by atoms with Gasteiger partial charge in [-0.15, -0.1) is 0 Å². The van der Waals surface area contributed by atoms with Crippen LogP contribution < -0.4 is 10.2 Å². The molecular weight excluding hydrogens is 339 g/mol. The Balaban J connectivity index is 1.67. The van der Waals surface area contributed by atoms with Gasteiger partial charge in [0.05, 0.1) is 11.6 Å². The van der Waals surface area contributed by atoms with Crippen LogP contribution in [0, 0.1) is 11.7 Å². The second-order valence-electron chi connectivity index (χ2n) is 6.56. The van der Waals surface area contributed by atoms with Crippen molar-refractivity contribution in [3.63, 3.8) is 0 Å². The number of hydrogen-bond acceptors (Lipinski definition) is 3. The number of anilines is 1. The zero-order chi connectivity index (χ0) is 18.9. The molecule has 1 heterocycles. The van der Waals surface area contributed by atoms with E-state index in [0.29, 0.717) is 13.0 Å². The second-order valence-corrected chi connectivity index (χ2v) is 6.56. The van der Waals surface area contributed by atoms with Crippen molar-refractivity contribution in [2.24, 2.45) is 5.92 Å². The summed E-state index contributed by atoms with van der Waals surface area (Å²) in [5.41, 5.74) is 0.217. The highest BCUT2D eigenvalue weighted by Crippen LogP contribution is 2.27. The molecular formula is C19H25FN2O4. The van der Waals surface area contributed by atoms with E-state index in [9.17, 15) is 18.8 Å². The van der Waals surface area contributed by atoms with E-state index in [-0.39, 0.29) is 36.9 Å². The number of hydrogen-bond donors (Lipinski definition) is 2. The van der Waals surface area contributed by atoms with Crippen molar-refractivity contribution in [1.29, 1.82) is 0 Å². The summed E-state index contributed by atoms with van der Waals surface area (Å²) in [6.07, 6.45) is 4.51. The van der Waals surface area contributed by atoms with E-state index in [1.165, 1.54) is 17.0 Å². The van der Waals surface area contributed by atoms with E-state index in [2.05, 4.69) is 5.32 Å². The van der Waals surface area contributed by atoms with Gasteiger partial charge >= 0.3 is 5.97 Å². The zero-order valence-electron chi connectivity index (χ0n) is 14.7. The first-order chi connectivity index (χ1) is 12.5. The molecule has 1 aliphatic rings. The first-order valence-corrected chi connectivity index (χ1v) is 9.03. The van der Waals surface area contributed by atoms with E-state index in [4.69, 9.17) is 5.11 Å². The summed E-state index contributed by atoms with van der Waals surface area (Å²) in [6.45, 7) is 0.725. The van der Waals surface area contributed by atoms with E-state index >= 15 is 0 Å². The Labute approximate surface area is 152 Å². The molecule has 1 fully saturated rings. The first kappa shape index (κ1) is 19.9. The third kappa shape index (κ3) is 5.82. The van der Waals surface area contributed by atoms with Crippen molar-refractivity contribution >= 4 is 23.5 Å². The van der Waals surface area contributed by atoms with E-state index in [1.807, 2.05) is 0 Å². The molecule has 2 amide bonds. The topological polar surface area (TPSA) is 86.7 Å². The number of rotatable bonds is 10. The summed E-state index contributed by atoms with van der Waals surface area (Å²) in [6, 6.07) is 6.06. The van der Waals surface area contributed by atoms with Crippen LogP contribution in [0.1, 0.15) is 44.9 Å². The van der Waals surface area contributed by atoms with Gasteiger partial charge in [0.1, 0.15) is 5.82 Å². The fourth-order valence-corrected chi connectivity index (χ4v) is 3.07. The molecule has 26 heavy (non-hydrogen) atoms. The summed E-state index contributed by atoms with van der Waals surface area (Å²) in [5, 5.41) is 11.4. The number of para-hydroxylation sites is 1. The van der Waals surface area contributed by atoms with Crippen LogP contribution in [-0.2, 0) is 14.4 Å². The van der Waals surface area contributed by atoms with Crippen molar-refractivity contribution in [2.75, 3.05) is 18.0 Å². The molecule has 0 radical (unpaired) electrons. The molecule has 2 N–H and O–H groups in total. The maximum Gasteiger partial charge on any atom is 0.303 e. The molecule has 2 rings (SSSR count). The highest BCUT2D eigenvalue weighted by atomic mass is 19.1. The molecule has 142 valence electrons. The molecule has 7 heteroatoms. The fourth-order valence-electron chi connectivity index (χ4n) is 3.07. The van der Waals surface area contributed by atoms with Crippen LogP contribution in [0.3, 0.4) is 0 Å². The number of carbonyl (C=O) groups excluding carboxylic acids is 2. The van der Waals surface area contributed by atoms with Crippen LogP contribution in [0.4, 0.5) is 10.1 Å². The summed E-state index contributed by atoms with van der Waals surface area (Å²) < 4.78 is 13.8. The zero-order valence-corrected chi connectivity index (χ0v) is 14.7. The normalized spacial score (nSPS) is 16.7. The fraction of sp³-hybridized carbons (Fsp3) is 0.526. The van der Waals surface area contributed by atoms with Crippen LogP contribution in [-0.4, -0.2) is 36.0 Å². The Morgan fingerprint density at radius 3 is 2.58 bits per heavy atom. The third-order valence-corrected chi connectivity index (χ3v) is 4.51. The summed E-state index contributed by atoms with van der Waals surface area (Å²) >= 11 is 0. The van der Waals surface area contributed by atoms with Crippen LogP contribution in [0.25, 0.3) is 0 Å². The lowest BCUT2D eigenvalue weighted by Crippen LogP contribution is -2.33. The largest absolute Gasteiger partial charge is 0.481 e. The lowest BCUT2D eigenvalue weighted by Gasteiger charge is -2.17. The molecule has 1 aliphatic heterocycles. The van der Waals surface area contributed by atoms with Gasteiger partial charge in [-0.2, -0.15) is 0 Å². The van der Waals surface area contributed by atoms with Gasteiger partial charge in [0.25, 0.3) is 0 Å². The molecule has 0 aliphatic carbocycles. The van der Waals surface area contributed by atoms with Gasteiger partial charge in [-0.25, -0.2) is 4.39 Å². The van der Waals surface area contributed by atoms with E-state index in [0.717, 1.165) is 25.7 Å². The van der Waals surface area contributed by atoms with Gasteiger partial charge in [-0.05, 0) is 25.0 Å². The minimum Gasteiger partial charge on any atom is -0.481 e. The molecule has 0 aromatic heterocycles. The number of amides is 2. The maximum atomic E-state index is 13.8. The number of aliphatic carboxylic acids is 1. The smallest absolute Gasteiger partial charge is 0.303 e. The predicted octanol–water partition coefficient (Wildman–Crippen LogP) is 2.72. The van der Waals surface area contributed by atoms with Gasteiger partial charge < -0.3 is 15.3 Å². The van der Waals surface area contributed by atoms with Gasteiger partial charge in [0.2, 0.25) is 11.8 Å². The van der Waals surface area contributed by atoms with Crippen molar-refractivity contribution in [2.45, 2.75) is 44.9 Å². The van der Waals surface area contributed by atoms with Gasteiger partial charge in [-0.1, -0.05) is 31.4 Å². The van der Waals surface area contributed by atoms with Crippen molar-refractivity contribution in [3.05, 3.63) is 30.1 Å². The first-order valence-electron chi connectivity index (χ1n) is 9.03. The molecule has 1 aromatic rings. The molecule has 1 saturated heterocycles. The molecule has 0 bridgehead atoms. The monoisotopic (exact) mass is 364 g/mol. The van der Waals surface area contributed by atoms with Crippen LogP contribution in [0.2, 0.25) is 0 Å². The average molecular weight is 364 g/mol. The van der Waals surface area contributed by atoms with Crippen molar-refractivity contribution < 1.29 is 23.9 Å². The van der Waals surface area contributed by atoms with Crippen LogP contribution in [0.5, 0.6) is 0 Å². The Morgan fingerprint density at radius 2 is 1.85 bits per heavy atom. The van der Waals surface area contributed by atoms with Crippen LogP contribution >= 0.6 is 0 Å². The molecule has 0 saturated carbocycles. The summed E-state index contributed by atoms with van der Waals surface area (Å²) in [7, 11) is 0. The Kier molecular flexibility index (Phi) is 7.56. The number of benzene rings is 1. The number of halogens is 1. The number of unbranched alkanes of at least 4 members (excludes halogenated alkanes) is 4. The van der Waals surface area contributed by atoms with E-state index in [1.54, 1.807) is 12.1 Å². The minimum absolute atomic E-state index is 0.0926. The number of carbonyl (C=O) groups is 3. The standard InChI is InChI=1S/C19H25FN2O4/c20-15-8-5-6-9-16(15)22-13-14(12-17(22)23)19(26)21-11-7-3-1-2-4-10-18(24)25/h5-6,8-9,14H,1-4,7,10-13H2,(H,21,26)(H,24,25). The number of nitrogens with zero attached hydrogens (tertiary/aromatic N) is 1. The van der Waals surface area contributed by atoms with Crippen molar-refractivity contribution in [1.82, 2.24) is 5.32 Å². The van der Waals surface area contributed by atoms with Crippen LogP contribution in [0.15, 0.2) is 24.3 Å². The Bertz CT molecular complexity index is 650. The van der Waals surface area contributed by atoms with E-state index < -0.39 is 17.7 Å². The maximum absolute atomic E-state index is 13.8. The molecule has 1 aromatic carbocycles. The van der Waals surface area contributed by atoms with Gasteiger partial charge in [0.15, 0.2) is 0 Å². The minimum atomic E-state index is -0.771. The highest BCUT2D eigenvalue weighted by molar-refractivity contribution is 6.00. The predicted molar refractivity (Wildman–Crippen MR) is 95.2 cm³/mol. The van der Waals surface area contributed by atoms with Gasteiger partial charge in [-0.3, -0.25) is 14.4 Å². The number of carboxylic acid groups (broad SMARTS) is 1. The molecule has 1 unspecified atom stereocenters. The number of nitrogens with one attached hydrogen (secondary N) is 1. The SMILES string of the molecule is O=C(O)CCCCCCCNC(=O)C1CC(=O)N(c2ccccc2F)C1. The average Bonchev–Trinajstić information content (AvgIpc) is 2.99. The van der Waals surface area contributed by atoms with Gasteiger partial charge in [0, 0.05) is 25.9 Å². The van der Waals surface area contributed by atoms with Crippen molar-refractivity contribution in [3.8, 4) is 0 Å². The number of carboxylic acids is 1. The molecule has 6 nitrogen and oxygen atoms in total. The quantitative estimate of drug-likeness (QED) is 0.625. The summed E-state index contributed by atoms with van der Waals surface area (Å²) in [4.78, 5) is 36.0. The lowest BCUT2D eigenvalue weighted by molar-refractivity contribution is -0.137. The molecule has 0 spiro atoms. The summed E-state index contributed by atoms with van der Waals surface area (Å²) in [5.74, 6) is -2.12. The Morgan fingerprint density at radius 1 is 1.15 bits per heavy atom. The lowest BCUT2D eigenvalue weighted by atomic mass is 10.1. The third-order valence-electron chi connectivity index (χ3n) is 4.51. The molecule has 1 atom stereocenters. The Hall–Kier alpha value is -2.44. The highest BCUT2D eigenvalue weighted by Gasteiger charge is 2.35. The second kappa shape index (κ2) is 9.89.